The average Bonchev–Trinajstić information content (AvgIpc) is 3.60. The molecule has 0 bridgehead atoms. The molecule has 35 heavy (non-hydrogen) atoms. The Bertz CT molecular complexity index is 1240. The summed E-state index contributed by atoms with van der Waals surface area (Å²) in [5.74, 6) is 0. The van der Waals surface area contributed by atoms with E-state index in [4.69, 9.17) is 4.98 Å². The van der Waals surface area contributed by atoms with Gasteiger partial charge in [-0.15, -0.1) is 22.7 Å². The van der Waals surface area contributed by atoms with Crippen molar-refractivity contribution < 1.29 is 13.2 Å². The Morgan fingerprint density at radius 3 is 2.40 bits per heavy atom. The van der Waals surface area contributed by atoms with Crippen LogP contribution in [0.25, 0.3) is 32.4 Å². The van der Waals surface area contributed by atoms with Crippen LogP contribution >= 0.6 is 22.7 Å². The summed E-state index contributed by atoms with van der Waals surface area (Å²) in [7, 11) is 0. The molecule has 3 nitrogen and oxygen atoms in total. The average molecular weight is 518 g/mol. The molecule has 0 aromatic carbocycles. The van der Waals surface area contributed by atoms with E-state index in [1.54, 1.807) is 22.7 Å². The fraction of sp³-hybridized carbons (Fsp3) is 0.407. The first-order valence-corrected chi connectivity index (χ1v) is 13.9. The van der Waals surface area contributed by atoms with Gasteiger partial charge >= 0.3 is 6.18 Å². The summed E-state index contributed by atoms with van der Waals surface area (Å²) in [5.41, 5.74) is 2.80. The van der Waals surface area contributed by atoms with Gasteiger partial charge in [0, 0.05) is 9.75 Å². The molecule has 0 spiro atoms. The second-order valence-electron chi connectivity index (χ2n) is 8.75. The van der Waals surface area contributed by atoms with Crippen LogP contribution in [0.4, 0.5) is 13.2 Å². The number of alkyl halides is 3. The summed E-state index contributed by atoms with van der Waals surface area (Å²) >= 11 is 3.37. The summed E-state index contributed by atoms with van der Waals surface area (Å²) in [6.45, 7) is 4.37. The Morgan fingerprint density at radius 1 is 0.857 bits per heavy atom. The van der Waals surface area contributed by atoms with Crippen LogP contribution in [0.3, 0.4) is 0 Å². The number of rotatable bonds is 11. The molecule has 0 saturated carbocycles. The summed E-state index contributed by atoms with van der Waals surface area (Å²) in [6.07, 6.45) is 4.54. The number of H-pyrrole nitrogens is 1. The van der Waals surface area contributed by atoms with Crippen LogP contribution in [0.2, 0.25) is 0 Å². The van der Waals surface area contributed by atoms with Gasteiger partial charge in [0.15, 0.2) is 0 Å². The number of nitrogens with one attached hydrogen (secondary N) is 1. The van der Waals surface area contributed by atoms with Crippen molar-refractivity contribution in [2.24, 2.45) is 0 Å². The van der Waals surface area contributed by atoms with Gasteiger partial charge in [0.25, 0.3) is 0 Å². The predicted molar refractivity (Wildman–Crippen MR) is 140 cm³/mol. The Balaban J connectivity index is 1.73. The first-order valence-electron chi connectivity index (χ1n) is 12.2. The number of unbranched alkanes of at least 4 members (excludes halogenated alkanes) is 4. The molecule has 0 amide bonds. The molecule has 186 valence electrons. The van der Waals surface area contributed by atoms with Crippen LogP contribution < -0.4 is 0 Å². The van der Waals surface area contributed by atoms with Crippen LogP contribution in [0, 0.1) is 0 Å². The minimum absolute atomic E-state index is 0.198. The smallest absolute Gasteiger partial charge is 0.273 e. The third kappa shape index (κ3) is 6.41. The molecule has 8 heteroatoms. The molecule has 1 N–H and O–H groups in total. The molecule has 0 fully saturated rings. The van der Waals surface area contributed by atoms with Gasteiger partial charge in [-0.25, -0.2) is 4.98 Å². The van der Waals surface area contributed by atoms with Crippen molar-refractivity contribution in [3.8, 4) is 32.4 Å². The molecule has 0 atom stereocenters. The Kier molecular flexibility index (Phi) is 8.44. The lowest BCUT2D eigenvalue weighted by Gasteiger charge is -2.09. The highest BCUT2D eigenvalue weighted by Gasteiger charge is 2.33. The number of aromatic nitrogens is 3. The molecule has 0 aliphatic heterocycles. The normalized spacial score (nSPS) is 11.9. The molecule has 0 aliphatic carbocycles. The summed E-state index contributed by atoms with van der Waals surface area (Å²) in [4.78, 5) is 8.22. The molecular weight excluding hydrogens is 487 g/mol. The zero-order chi connectivity index (χ0) is 24.8. The Labute approximate surface area is 212 Å². The quantitative estimate of drug-likeness (QED) is 0.201. The maximum atomic E-state index is 13.2. The zero-order valence-electron chi connectivity index (χ0n) is 20.0. The molecule has 4 aromatic heterocycles. The molecule has 0 radical (unpaired) electrons. The van der Waals surface area contributed by atoms with Crippen LogP contribution in [-0.2, 0) is 19.0 Å². The number of halogens is 3. The number of hydrogen-bond acceptors (Lipinski definition) is 4. The lowest BCUT2D eigenvalue weighted by molar-refractivity contribution is -0.141. The van der Waals surface area contributed by atoms with E-state index in [2.05, 4.69) is 53.7 Å². The highest BCUT2D eigenvalue weighted by Crippen LogP contribution is 2.38. The van der Waals surface area contributed by atoms with Crippen molar-refractivity contribution in [2.45, 2.75) is 71.4 Å². The number of nitrogens with zero attached hydrogens (tertiary/aromatic N) is 2. The molecule has 0 unspecified atom stereocenters. The van der Waals surface area contributed by atoms with Gasteiger partial charge < -0.3 is 0 Å². The summed E-state index contributed by atoms with van der Waals surface area (Å²) in [5, 5.41) is 8.17. The molecule has 4 heterocycles. The van der Waals surface area contributed by atoms with Gasteiger partial charge in [-0.2, -0.15) is 18.3 Å². The standard InChI is InChI=1S/C27H30F3N3S2/c1-3-5-7-8-9-18-13-14-34-26(18)19-15-21(22-17-25(33-32-22)27(28,29)30)31-23(16-19)24-12-11-20(35-24)10-6-4-2/h11-17H,3-10H2,1-2H3,(H,32,33). The van der Waals surface area contributed by atoms with Crippen molar-refractivity contribution >= 4 is 22.7 Å². The van der Waals surface area contributed by atoms with Crippen molar-refractivity contribution in [3.63, 3.8) is 0 Å². The topological polar surface area (TPSA) is 41.6 Å². The van der Waals surface area contributed by atoms with Gasteiger partial charge in [-0.05, 0) is 78.6 Å². The predicted octanol–water partition coefficient (Wildman–Crippen LogP) is 9.41. The first-order chi connectivity index (χ1) is 16.9. The lowest BCUT2D eigenvalue weighted by Crippen LogP contribution is -2.04. The van der Waals surface area contributed by atoms with Gasteiger partial charge in [-0.1, -0.05) is 39.5 Å². The van der Waals surface area contributed by atoms with Crippen LogP contribution in [0.5, 0.6) is 0 Å². The van der Waals surface area contributed by atoms with E-state index in [0.29, 0.717) is 5.69 Å². The van der Waals surface area contributed by atoms with Crippen LogP contribution in [0.1, 0.15) is 68.5 Å². The van der Waals surface area contributed by atoms with E-state index < -0.39 is 11.9 Å². The second-order valence-corrected chi connectivity index (χ2v) is 10.8. The Hall–Kier alpha value is -2.45. The highest BCUT2D eigenvalue weighted by molar-refractivity contribution is 7.15. The van der Waals surface area contributed by atoms with E-state index in [1.165, 1.54) is 29.7 Å². The number of thiophene rings is 2. The molecule has 4 rings (SSSR count). The minimum Gasteiger partial charge on any atom is -0.273 e. The SMILES string of the molecule is CCCCCCc1ccsc1-c1cc(-c2cc(C(F)(F)F)[nH]n2)nc(-c2ccc(CCCC)s2)c1. The molecule has 4 aromatic rings. The second kappa shape index (κ2) is 11.5. The third-order valence-electron chi connectivity index (χ3n) is 5.97. The number of aryl methyl sites for hydroxylation is 2. The first kappa shape index (κ1) is 25.6. The number of hydrogen-bond donors (Lipinski definition) is 1. The third-order valence-corrected chi connectivity index (χ3v) is 8.14. The largest absolute Gasteiger partial charge is 0.432 e. The van der Waals surface area contributed by atoms with Crippen molar-refractivity contribution in [2.75, 3.05) is 0 Å². The molecule has 0 aliphatic rings. The number of aromatic amines is 1. The van der Waals surface area contributed by atoms with E-state index in [1.807, 2.05) is 6.07 Å². The summed E-state index contributed by atoms with van der Waals surface area (Å²) < 4.78 is 39.6. The van der Waals surface area contributed by atoms with Crippen molar-refractivity contribution in [1.82, 2.24) is 15.2 Å². The molecule has 0 saturated heterocycles. The fourth-order valence-electron chi connectivity index (χ4n) is 4.05. The zero-order valence-corrected chi connectivity index (χ0v) is 21.7. The van der Waals surface area contributed by atoms with E-state index in [9.17, 15) is 13.2 Å². The van der Waals surface area contributed by atoms with E-state index >= 15 is 0 Å². The van der Waals surface area contributed by atoms with Gasteiger partial charge in [0.2, 0.25) is 0 Å². The van der Waals surface area contributed by atoms with E-state index in [0.717, 1.165) is 59.2 Å². The maximum Gasteiger partial charge on any atom is 0.432 e. The van der Waals surface area contributed by atoms with Gasteiger partial charge in [-0.3, -0.25) is 5.10 Å². The monoisotopic (exact) mass is 517 g/mol. The Morgan fingerprint density at radius 2 is 1.66 bits per heavy atom. The highest BCUT2D eigenvalue weighted by atomic mass is 32.1. The lowest BCUT2D eigenvalue weighted by atomic mass is 10.0. The van der Waals surface area contributed by atoms with Crippen LogP contribution in [0.15, 0.2) is 41.8 Å². The van der Waals surface area contributed by atoms with Crippen molar-refractivity contribution in [1.29, 1.82) is 0 Å². The maximum absolute atomic E-state index is 13.2. The fourth-order valence-corrected chi connectivity index (χ4v) is 6.00. The molecular formula is C27H30F3N3S2. The van der Waals surface area contributed by atoms with Gasteiger partial charge in [0.05, 0.1) is 16.3 Å². The number of pyridine rings is 1. The van der Waals surface area contributed by atoms with Gasteiger partial charge in [0.1, 0.15) is 11.4 Å². The minimum atomic E-state index is -4.48. The summed E-state index contributed by atoms with van der Waals surface area (Å²) in [6, 6.07) is 11.3. The van der Waals surface area contributed by atoms with Crippen LogP contribution in [-0.4, -0.2) is 15.2 Å². The van der Waals surface area contributed by atoms with E-state index in [-0.39, 0.29) is 5.69 Å². The van der Waals surface area contributed by atoms with Crippen molar-refractivity contribution in [3.05, 3.63) is 57.9 Å².